The highest BCUT2D eigenvalue weighted by Crippen LogP contribution is 2.18. The average molecular weight is 393 g/mol. The van der Waals surface area contributed by atoms with Crippen molar-refractivity contribution in [2.75, 3.05) is 44.9 Å². The fourth-order valence-electron chi connectivity index (χ4n) is 2.95. The van der Waals surface area contributed by atoms with Crippen LogP contribution in [0.25, 0.3) is 0 Å². The van der Waals surface area contributed by atoms with Crippen molar-refractivity contribution in [2.24, 2.45) is 0 Å². The second-order valence-electron chi connectivity index (χ2n) is 6.36. The topological polar surface area (TPSA) is 73.2 Å². The lowest BCUT2D eigenvalue weighted by Crippen LogP contribution is -2.41. The minimum absolute atomic E-state index is 0.266. The quantitative estimate of drug-likeness (QED) is 0.715. The molecule has 0 amide bonds. The molecule has 2 heterocycles. The van der Waals surface area contributed by atoms with Gasteiger partial charge >= 0.3 is 0 Å². The van der Waals surface area contributed by atoms with Gasteiger partial charge in [-0.05, 0) is 30.7 Å². The van der Waals surface area contributed by atoms with Gasteiger partial charge in [0, 0.05) is 19.2 Å². The molecule has 1 aliphatic heterocycles. The summed E-state index contributed by atoms with van der Waals surface area (Å²) in [5.74, 6) is 1.69. The number of aromatic amines is 1. The van der Waals surface area contributed by atoms with Crippen LogP contribution in [-0.4, -0.2) is 52.7 Å². The number of rotatable bonds is 7. The summed E-state index contributed by atoms with van der Waals surface area (Å²) in [6.45, 7) is 4.95. The fourth-order valence-corrected chi connectivity index (χ4v) is 4.33. The minimum Gasteiger partial charge on any atom is -0.494 e. The van der Waals surface area contributed by atoms with Crippen LogP contribution in [0.5, 0.6) is 5.75 Å². The lowest BCUT2D eigenvalue weighted by Gasteiger charge is -2.25. The Morgan fingerprint density at radius 3 is 2.44 bits per heavy atom. The molecule has 1 aromatic carbocycles. The first-order chi connectivity index (χ1) is 13.0. The second kappa shape index (κ2) is 8.69. The zero-order chi connectivity index (χ0) is 19.3. The Morgan fingerprint density at radius 1 is 1.15 bits per heavy atom. The Kier molecular flexibility index (Phi) is 6.30. The van der Waals surface area contributed by atoms with Crippen molar-refractivity contribution < 1.29 is 22.9 Å². The maximum Gasteiger partial charge on any atom is 0.274 e. The van der Waals surface area contributed by atoms with Gasteiger partial charge in [-0.2, -0.15) is 4.31 Å². The van der Waals surface area contributed by atoms with E-state index in [0.717, 1.165) is 17.1 Å². The second-order valence-corrected chi connectivity index (χ2v) is 8.30. The van der Waals surface area contributed by atoms with Crippen LogP contribution >= 0.6 is 0 Å². The highest BCUT2D eigenvalue weighted by Gasteiger charge is 2.27. The number of nitrogens with one attached hydrogen (secondary N) is 1. The molecule has 8 heteroatoms. The molecular formula is C19H26N3O4S+. The summed E-state index contributed by atoms with van der Waals surface area (Å²) in [5, 5.41) is 0. The van der Waals surface area contributed by atoms with E-state index in [-0.39, 0.29) is 4.90 Å². The molecular weight excluding hydrogens is 366 g/mol. The molecule has 0 spiro atoms. The molecule has 1 N–H and O–H groups in total. The number of morpholine rings is 1. The average Bonchev–Trinajstić information content (AvgIpc) is 2.70. The van der Waals surface area contributed by atoms with Gasteiger partial charge in [-0.1, -0.05) is 12.1 Å². The molecule has 0 aliphatic carbocycles. The largest absolute Gasteiger partial charge is 0.494 e. The predicted octanol–water partition coefficient (Wildman–Crippen LogP) is 1.56. The Labute approximate surface area is 160 Å². The number of hydrogen-bond donors (Lipinski definition) is 0. The zero-order valence-electron chi connectivity index (χ0n) is 15.7. The van der Waals surface area contributed by atoms with Crippen molar-refractivity contribution in [3.63, 3.8) is 0 Å². The van der Waals surface area contributed by atoms with Crippen molar-refractivity contribution in [3.8, 4) is 5.75 Å². The molecule has 7 nitrogen and oxygen atoms in total. The molecule has 1 aliphatic rings. The normalized spacial score (nSPS) is 15.5. The summed E-state index contributed by atoms with van der Waals surface area (Å²) in [4.78, 5) is 5.39. The molecule has 0 unspecified atom stereocenters. The van der Waals surface area contributed by atoms with Gasteiger partial charge < -0.3 is 9.47 Å². The summed E-state index contributed by atoms with van der Waals surface area (Å²) in [6.07, 6.45) is 1.55. The number of sulfonamides is 1. The molecule has 0 atom stereocenters. The van der Waals surface area contributed by atoms with Gasteiger partial charge in [0.1, 0.15) is 23.4 Å². The van der Waals surface area contributed by atoms with Gasteiger partial charge in [0.05, 0.1) is 26.9 Å². The van der Waals surface area contributed by atoms with E-state index in [9.17, 15) is 8.42 Å². The van der Waals surface area contributed by atoms with Gasteiger partial charge in [0.15, 0.2) is 0 Å². The molecule has 0 bridgehead atoms. The molecule has 146 valence electrons. The summed E-state index contributed by atoms with van der Waals surface area (Å²) in [5.41, 5.74) is 1.14. The van der Waals surface area contributed by atoms with Gasteiger partial charge in [0.25, 0.3) is 5.82 Å². The Hall–Kier alpha value is -2.16. The van der Waals surface area contributed by atoms with Crippen LogP contribution < -0.4 is 14.6 Å². The maximum atomic E-state index is 12.7. The summed E-state index contributed by atoms with van der Waals surface area (Å²) >= 11 is 0. The number of hydrogen-bond acceptors (Lipinski definition) is 5. The van der Waals surface area contributed by atoms with Crippen molar-refractivity contribution in [2.45, 2.75) is 18.4 Å². The molecule has 0 saturated carbocycles. The highest BCUT2D eigenvalue weighted by molar-refractivity contribution is 7.89. The van der Waals surface area contributed by atoms with Crippen LogP contribution in [0.15, 0.2) is 47.5 Å². The lowest BCUT2D eigenvalue weighted by atomic mass is 10.2. The van der Waals surface area contributed by atoms with E-state index in [2.05, 4.69) is 4.98 Å². The summed E-state index contributed by atoms with van der Waals surface area (Å²) in [7, 11) is -1.53. The van der Waals surface area contributed by atoms with Gasteiger partial charge in [-0.3, -0.25) is 4.90 Å². The first-order valence-corrected chi connectivity index (χ1v) is 10.5. The fraction of sp³-hybridized carbons (Fsp3) is 0.421. The molecule has 1 saturated heterocycles. The van der Waals surface area contributed by atoms with E-state index in [1.165, 1.54) is 4.31 Å². The third-order valence-electron chi connectivity index (χ3n) is 4.44. The van der Waals surface area contributed by atoms with E-state index >= 15 is 0 Å². The highest BCUT2D eigenvalue weighted by atomic mass is 32.2. The van der Waals surface area contributed by atoms with E-state index in [0.29, 0.717) is 39.5 Å². The van der Waals surface area contributed by atoms with Crippen molar-refractivity contribution >= 4 is 15.8 Å². The zero-order valence-corrected chi connectivity index (χ0v) is 16.5. The monoisotopic (exact) mass is 392 g/mol. The number of ether oxygens (including phenoxy) is 2. The standard InChI is InChI=1S/C19H25N3O4S/c1-3-26-17-6-4-16(5-7-17)15-21(2)19-9-8-18(14-20-19)27(23,24)22-10-12-25-13-11-22/h4-9,14H,3,10-13,15H2,1-2H3/p+1. The minimum atomic E-state index is -3.48. The van der Waals surface area contributed by atoms with E-state index in [1.807, 2.05) is 43.1 Å². The third kappa shape index (κ3) is 4.77. The van der Waals surface area contributed by atoms with E-state index < -0.39 is 10.0 Å². The van der Waals surface area contributed by atoms with Crippen molar-refractivity contribution in [3.05, 3.63) is 48.2 Å². The molecule has 1 aromatic heterocycles. The van der Waals surface area contributed by atoms with Crippen LogP contribution in [-0.2, 0) is 21.3 Å². The molecule has 27 heavy (non-hydrogen) atoms. The molecule has 3 rings (SSSR count). The molecule has 2 aromatic rings. The van der Waals surface area contributed by atoms with Crippen molar-refractivity contribution in [1.29, 1.82) is 0 Å². The number of H-pyrrole nitrogens is 1. The maximum absolute atomic E-state index is 12.7. The Morgan fingerprint density at radius 2 is 1.85 bits per heavy atom. The number of pyridine rings is 1. The first-order valence-electron chi connectivity index (χ1n) is 9.03. The number of benzene rings is 1. The number of nitrogens with zero attached hydrogens (tertiary/aromatic N) is 2. The summed E-state index contributed by atoms with van der Waals surface area (Å²) in [6, 6.07) is 11.4. The van der Waals surface area contributed by atoms with E-state index in [4.69, 9.17) is 9.47 Å². The van der Waals surface area contributed by atoms with Crippen molar-refractivity contribution in [1.82, 2.24) is 4.31 Å². The molecule has 1 fully saturated rings. The predicted molar refractivity (Wildman–Crippen MR) is 102 cm³/mol. The smallest absolute Gasteiger partial charge is 0.274 e. The van der Waals surface area contributed by atoms with Crippen LogP contribution in [0.1, 0.15) is 12.5 Å². The van der Waals surface area contributed by atoms with Gasteiger partial charge in [0.2, 0.25) is 10.0 Å². The Balaban J connectivity index is 1.67. The number of aromatic nitrogens is 1. The van der Waals surface area contributed by atoms with Crippen LogP contribution in [0, 0.1) is 0 Å². The van der Waals surface area contributed by atoms with E-state index in [1.54, 1.807) is 18.3 Å². The van der Waals surface area contributed by atoms with Crippen LogP contribution in [0.3, 0.4) is 0 Å². The van der Waals surface area contributed by atoms with Crippen LogP contribution in [0.4, 0.5) is 5.82 Å². The molecule has 0 radical (unpaired) electrons. The van der Waals surface area contributed by atoms with Gasteiger partial charge in [-0.15, -0.1) is 0 Å². The summed E-state index contributed by atoms with van der Waals surface area (Å²) < 4.78 is 37.5. The third-order valence-corrected chi connectivity index (χ3v) is 6.34. The Bertz CT molecular complexity index is 832. The number of anilines is 1. The van der Waals surface area contributed by atoms with Crippen LogP contribution in [0.2, 0.25) is 0 Å². The SMILES string of the molecule is CCOc1ccc(CN(C)c2ccc(S(=O)(=O)N3CCOCC3)c[nH+]2)cc1. The van der Waals surface area contributed by atoms with Gasteiger partial charge in [-0.25, -0.2) is 13.4 Å². The first kappa shape index (κ1) is 19.6. The lowest BCUT2D eigenvalue weighted by molar-refractivity contribution is -0.367.